The Bertz CT molecular complexity index is 1450. The third kappa shape index (κ3) is 25.5. The molecule has 0 aliphatic carbocycles. The summed E-state index contributed by atoms with van der Waals surface area (Å²) >= 11 is 0. The van der Waals surface area contributed by atoms with Crippen molar-refractivity contribution in [2.45, 2.75) is 317 Å². The van der Waals surface area contributed by atoms with E-state index in [4.69, 9.17) is 28.4 Å². The highest BCUT2D eigenvalue weighted by Crippen LogP contribution is 2.33. The second kappa shape index (κ2) is 41.5. The molecule has 76 heavy (non-hydrogen) atoms. The molecule has 3 aliphatic rings. The lowest BCUT2D eigenvalue weighted by Crippen LogP contribution is -2.66. The predicted octanol–water partition coefficient (Wildman–Crippen LogP) is 4.99. The van der Waals surface area contributed by atoms with Crippen molar-refractivity contribution in [2.24, 2.45) is 0 Å². The fourth-order valence-electron chi connectivity index (χ4n) is 10.4. The van der Waals surface area contributed by atoms with Gasteiger partial charge < -0.3 is 89.9 Å². The van der Waals surface area contributed by atoms with Crippen molar-refractivity contribution < 1.29 is 89.4 Å². The van der Waals surface area contributed by atoms with E-state index in [1.165, 1.54) is 128 Å². The largest absolute Gasteiger partial charge is 0.394 e. The summed E-state index contributed by atoms with van der Waals surface area (Å²) < 4.78 is 34.1. The molecule has 0 aromatic rings. The molecule has 3 saturated heterocycles. The maximum Gasteiger partial charge on any atom is 0.220 e. The normalized spacial score (nSPS) is 31.0. The lowest BCUT2D eigenvalue weighted by Gasteiger charge is -2.48. The summed E-state index contributed by atoms with van der Waals surface area (Å²) in [6.07, 6.45) is 13.9. The zero-order valence-corrected chi connectivity index (χ0v) is 46.5. The number of carbonyl (C=O) groups is 1. The summed E-state index contributed by atoms with van der Waals surface area (Å²) in [5.74, 6) is -0.281. The molecule has 17 atom stereocenters. The monoisotopic (exact) mass is 1090 g/mol. The van der Waals surface area contributed by atoms with Gasteiger partial charge in [-0.1, -0.05) is 199 Å². The fourth-order valence-corrected chi connectivity index (χ4v) is 10.4. The standard InChI is InChI=1S/C57H107NO18/c1-3-5-7-9-11-12-13-14-15-16-17-18-19-20-21-22-23-24-25-26-27-29-30-32-34-41(62)40(58-45(63)35-33-31-28-10-8-6-4-2)39-71-55-51(69)48(66)53(43(37-60)73-55)76-57-52(70)49(67)54(44(38-61)74-57)75-56-50(68)47(65)46(64)42(36-59)72-56/h32,34,40-44,46-57,59-62,64-70H,3-31,33,35-39H2,1-2H3,(H,58,63)/b34-32+. The van der Waals surface area contributed by atoms with Gasteiger partial charge in [-0.3, -0.25) is 4.79 Å². The lowest BCUT2D eigenvalue weighted by molar-refractivity contribution is -0.379. The fraction of sp³-hybridized carbons (Fsp3) is 0.947. The second-order valence-corrected chi connectivity index (χ2v) is 21.8. The van der Waals surface area contributed by atoms with Crippen molar-refractivity contribution in [3.63, 3.8) is 0 Å². The van der Waals surface area contributed by atoms with Crippen LogP contribution >= 0.6 is 0 Å². The number of ether oxygens (including phenoxy) is 6. The minimum absolute atomic E-state index is 0.245. The highest BCUT2D eigenvalue weighted by atomic mass is 16.8. The van der Waals surface area contributed by atoms with E-state index in [9.17, 15) is 61.0 Å². The first-order chi connectivity index (χ1) is 36.8. The van der Waals surface area contributed by atoms with Crippen LogP contribution in [0, 0.1) is 0 Å². The minimum Gasteiger partial charge on any atom is -0.394 e. The van der Waals surface area contributed by atoms with Crippen LogP contribution in [0.1, 0.15) is 213 Å². The van der Waals surface area contributed by atoms with Crippen LogP contribution < -0.4 is 5.32 Å². The number of unbranched alkanes of at least 4 members (excludes halogenated alkanes) is 28. The molecular formula is C57H107NO18. The molecule has 3 heterocycles. The molecule has 17 unspecified atom stereocenters. The summed E-state index contributed by atoms with van der Waals surface area (Å²) in [5.41, 5.74) is 0. The number of hydrogen-bond acceptors (Lipinski definition) is 18. The van der Waals surface area contributed by atoms with Gasteiger partial charge in [0.15, 0.2) is 18.9 Å². The Kier molecular flexibility index (Phi) is 37.6. The number of nitrogens with one attached hydrogen (secondary N) is 1. The summed E-state index contributed by atoms with van der Waals surface area (Å²) in [5, 5.41) is 120. The Morgan fingerprint density at radius 2 is 0.816 bits per heavy atom. The highest BCUT2D eigenvalue weighted by molar-refractivity contribution is 5.76. The summed E-state index contributed by atoms with van der Waals surface area (Å²) in [4.78, 5) is 13.2. The van der Waals surface area contributed by atoms with Crippen molar-refractivity contribution in [1.82, 2.24) is 5.32 Å². The molecule has 0 aromatic carbocycles. The van der Waals surface area contributed by atoms with Crippen LogP contribution in [0.5, 0.6) is 0 Å². The van der Waals surface area contributed by atoms with Crippen LogP contribution in [-0.4, -0.2) is 193 Å². The predicted molar refractivity (Wildman–Crippen MR) is 287 cm³/mol. The van der Waals surface area contributed by atoms with Gasteiger partial charge in [0.05, 0.1) is 38.6 Å². The van der Waals surface area contributed by atoms with E-state index in [-0.39, 0.29) is 18.9 Å². The molecule has 3 aliphatic heterocycles. The molecule has 1 amide bonds. The summed E-state index contributed by atoms with van der Waals surface area (Å²) in [6.45, 7) is 1.67. The van der Waals surface area contributed by atoms with E-state index in [1.807, 2.05) is 6.08 Å². The van der Waals surface area contributed by atoms with Gasteiger partial charge in [0.2, 0.25) is 5.91 Å². The second-order valence-electron chi connectivity index (χ2n) is 21.8. The Hall–Kier alpha value is -1.47. The van der Waals surface area contributed by atoms with Gasteiger partial charge in [-0.15, -0.1) is 0 Å². The molecule has 19 nitrogen and oxygen atoms in total. The van der Waals surface area contributed by atoms with Gasteiger partial charge in [-0.2, -0.15) is 0 Å². The highest BCUT2D eigenvalue weighted by Gasteiger charge is 2.53. The summed E-state index contributed by atoms with van der Waals surface area (Å²) in [6, 6.07) is -0.965. The van der Waals surface area contributed by atoms with Gasteiger partial charge in [0, 0.05) is 6.42 Å². The first kappa shape index (κ1) is 68.8. The summed E-state index contributed by atoms with van der Waals surface area (Å²) in [7, 11) is 0. The average Bonchev–Trinajstić information content (AvgIpc) is 3.41. The maximum atomic E-state index is 13.2. The maximum absolute atomic E-state index is 13.2. The number of aliphatic hydroxyl groups is 11. The average molecular weight is 1090 g/mol. The van der Waals surface area contributed by atoms with E-state index < -0.39 is 124 Å². The van der Waals surface area contributed by atoms with Crippen molar-refractivity contribution in [2.75, 3.05) is 26.4 Å². The molecule has 3 rings (SSSR count). The van der Waals surface area contributed by atoms with Crippen LogP contribution in [0.2, 0.25) is 0 Å². The Morgan fingerprint density at radius 1 is 0.461 bits per heavy atom. The molecular weight excluding hydrogens is 987 g/mol. The van der Waals surface area contributed by atoms with Crippen LogP contribution in [0.15, 0.2) is 12.2 Å². The zero-order chi connectivity index (χ0) is 55.5. The molecule has 12 N–H and O–H groups in total. The first-order valence-corrected chi connectivity index (χ1v) is 29.9. The van der Waals surface area contributed by atoms with Crippen molar-refractivity contribution in [3.05, 3.63) is 12.2 Å². The Balaban J connectivity index is 1.43. The molecule has 0 radical (unpaired) electrons. The third-order valence-corrected chi connectivity index (χ3v) is 15.3. The van der Waals surface area contributed by atoms with Crippen molar-refractivity contribution in [1.29, 1.82) is 0 Å². The van der Waals surface area contributed by atoms with Crippen LogP contribution in [0.3, 0.4) is 0 Å². The zero-order valence-electron chi connectivity index (χ0n) is 46.5. The third-order valence-electron chi connectivity index (χ3n) is 15.3. The molecule has 0 spiro atoms. The molecule has 19 heteroatoms. The van der Waals surface area contributed by atoms with E-state index in [2.05, 4.69) is 19.2 Å². The van der Waals surface area contributed by atoms with Gasteiger partial charge in [-0.25, -0.2) is 0 Å². The van der Waals surface area contributed by atoms with Crippen LogP contribution in [-0.2, 0) is 33.2 Å². The first-order valence-electron chi connectivity index (χ1n) is 29.9. The van der Waals surface area contributed by atoms with E-state index in [0.29, 0.717) is 6.42 Å². The van der Waals surface area contributed by atoms with E-state index >= 15 is 0 Å². The number of carbonyl (C=O) groups excluding carboxylic acids is 1. The SMILES string of the molecule is CCCCCCCCCCCCCCCCCCCCCCCC/C=C/C(O)C(COC1OC(CO)C(OC2OC(CO)C(OC3OC(CO)C(O)C(O)C3O)C(O)C2O)C(O)C1O)NC(=O)CCCCCCCCC. The topological polar surface area (TPSA) is 307 Å². The number of hydrogen-bond donors (Lipinski definition) is 12. The van der Waals surface area contributed by atoms with E-state index in [0.717, 1.165) is 57.8 Å². The van der Waals surface area contributed by atoms with Crippen LogP contribution in [0.4, 0.5) is 0 Å². The van der Waals surface area contributed by atoms with Crippen molar-refractivity contribution >= 4 is 5.91 Å². The molecule has 0 saturated carbocycles. The van der Waals surface area contributed by atoms with Gasteiger partial charge in [0.1, 0.15) is 73.2 Å². The quantitative estimate of drug-likeness (QED) is 0.0283. The number of aliphatic hydroxyl groups excluding tert-OH is 11. The van der Waals surface area contributed by atoms with Gasteiger partial charge in [0.25, 0.3) is 0 Å². The minimum atomic E-state index is -1.97. The molecule has 448 valence electrons. The number of amides is 1. The van der Waals surface area contributed by atoms with E-state index in [1.54, 1.807) is 6.08 Å². The van der Waals surface area contributed by atoms with Crippen molar-refractivity contribution in [3.8, 4) is 0 Å². The Labute approximate surface area is 455 Å². The van der Waals surface area contributed by atoms with Gasteiger partial charge in [-0.05, 0) is 19.3 Å². The number of allylic oxidation sites excluding steroid dienone is 1. The number of rotatable bonds is 44. The van der Waals surface area contributed by atoms with Gasteiger partial charge >= 0.3 is 0 Å². The smallest absolute Gasteiger partial charge is 0.220 e. The molecule has 3 fully saturated rings. The Morgan fingerprint density at radius 3 is 1.24 bits per heavy atom. The lowest BCUT2D eigenvalue weighted by atomic mass is 9.96. The van der Waals surface area contributed by atoms with Crippen LogP contribution in [0.25, 0.3) is 0 Å². The molecule has 0 aromatic heterocycles. The molecule has 0 bridgehead atoms.